The van der Waals surface area contributed by atoms with Crippen LogP contribution in [0.25, 0.3) is 17.2 Å². The zero-order valence-electron chi connectivity index (χ0n) is 19.9. The summed E-state index contributed by atoms with van der Waals surface area (Å²) in [5.74, 6) is -5.53. The number of ether oxygens (including phenoxy) is 2. The van der Waals surface area contributed by atoms with Crippen LogP contribution >= 0.6 is 0 Å². The van der Waals surface area contributed by atoms with E-state index >= 15 is 0 Å². The van der Waals surface area contributed by atoms with E-state index in [1.165, 1.54) is 30.3 Å². The van der Waals surface area contributed by atoms with Gasteiger partial charge in [-0.3, -0.25) is 0 Å². The standard InChI is InChI=1S/C29H27F5O2/c1-3-17-5-11-21(24(30)15-17)19-7-10-20(36-16-19)9-6-18-8-12-22(27(32)26(18)31)23-13-14-25(35-4-2)29(34)28(23)33/h3,5,8,11-15,19-20H,1,4,6-7,9-10,16H2,2H3. The summed E-state index contributed by atoms with van der Waals surface area (Å²) in [7, 11) is 0. The van der Waals surface area contributed by atoms with E-state index < -0.39 is 23.3 Å². The molecular weight excluding hydrogens is 475 g/mol. The molecule has 0 spiro atoms. The van der Waals surface area contributed by atoms with Crippen LogP contribution in [0.2, 0.25) is 0 Å². The molecule has 0 amide bonds. The second kappa shape index (κ2) is 11.2. The summed E-state index contributed by atoms with van der Waals surface area (Å²) >= 11 is 0. The van der Waals surface area contributed by atoms with Crippen molar-refractivity contribution in [3.63, 3.8) is 0 Å². The molecule has 36 heavy (non-hydrogen) atoms. The topological polar surface area (TPSA) is 18.5 Å². The molecule has 3 aromatic rings. The minimum absolute atomic E-state index is 0.0713. The average molecular weight is 503 g/mol. The van der Waals surface area contributed by atoms with Crippen molar-refractivity contribution >= 4 is 6.08 Å². The van der Waals surface area contributed by atoms with Crippen LogP contribution in [0.4, 0.5) is 22.0 Å². The molecule has 0 saturated carbocycles. The van der Waals surface area contributed by atoms with E-state index in [0.717, 1.165) is 0 Å². The predicted octanol–water partition coefficient (Wildman–Crippen LogP) is 7.99. The molecule has 0 radical (unpaired) electrons. The fourth-order valence-corrected chi connectivity index (χ4v) is 4.59. The summed E-state index contributed by atoms with van der Waals surface area (Å²) in [6.07, 6.45) is 3.45. The Morgan fingerprint density at radius 3 is 2.28 bits per heavy atom. The van der Waals surface area contributed by atoms with Crippen LogP contribution in [-0.2, 0) is 11.2 Å². The van der Waals surface area contributed by atoms with Gasteiger partial charge < -0.3 is 9.47 Å². The van der Waals surface area contributed by atoms with Crippen LogP contribution in [0, 0.1) is 29.1 Å². The highest BCUT2D eigenvalue weighted by Gasteiger charge is 2.26. The summed E-state index contributed by atoms with van der Waals surface area (Å²) in [5.41, 5.74) is 0.688. The average Bonchev–Trinajstić information content (AvgIpc) is 2.89. The third-order valence-electron chi connectivity index (χ3n) is 6.61. The highest BCUT2D eigenvalue weighted by atomic mass is 19.2. The van der Waals surface area contributed by atoms with Gasteiger partial charge in [0.05, 0.1) is 19.3 Å². The second-order valence-corrected chi connectivity index (χ2v) is 8.83. The fraction of sp³-hybridized carbons (Fsp3) is 0.310. The van der Waals surface area contributed by atoms with Crippen LogP contribution in [0.5, 0.6) is 5.75 Å². The molecule has 190 valence electrons. The molecule has 4 rings (SSSR count). The largest absolute Gasteiger partial charge is 0.491 e. The van der Waals surface area contributed by atoms with Gasteiger partial charge in [-0.25, -0.2) is 17.6 Å². The molecule has 2 atom stereocenters. The first kappa shape index (κ1) is 25.9. The third-order valence-corrected chi connectivity index (χ3v) is 6.61. The first-order valence-electron chi connectivity index (χ1n) is 12.0. The van der Waals surface area contributed by atoms with E-state index in [2.05, 4.69) is 6.58 Å². The lowest BCUT2D eigenvalue weighted by atomic mass is 9.89. The highest BCUT2D eigenvalue weighted by Crippen LogP contribution is 2.35. The minimum atomic E-state index is -1.30. The van der Waals surface area contributed by atoms with Crippen molar-refractivity contribution in [3.8, 4) is 16.9 Å². The number of aryl methyl sites for hydroxylation is 1. The van der Waals surface area contributed by atoms with E-state index in [0.29, 0.717) is 37.0 Å². The number of benzene rings is 3. The number of hydrogen-bond acceptors (Lipinski definition) is 2. The smallest absolute Gasteiger partial charge is 0.201 e. The van der Waals surface area contributed by atoms with Crippen molar-refractivity contribution in [1.29, 1.82) is 0 Å². The Morgan fingerprint density at radius 2 is 1.64 bits per heavy atom. The normalized spacial score (nSPS) is 17.7. The Kier molecular flexibility index (Phi) is 8.09. The zero-order chi connectivity index (χ0) is 25.8. The van der Waals surface area contributed by atoms with Crippen molar-refractivity contribution in [2.75, 3.05) is 13.2 Å². The molecule has 2 unspecified atom stereocenters. The van der Waals surface area contributed by atoms with E-state index in [1.807, 2.05) is 6.07 Å². The molecular formula is C29H27F5O2. The summed E-state index contributed by atoms with van der Waals surface area (Å²) in [5, 5.41) is 0. The third kappa shape index (κ3) is 5.31. The Balaban J connectivity index is 1.40. The van der Waals surface area contributed by atoms with Gasteiger partial charge in [-0.1, -0.05) is 36.9 Å². The van der Waals surface area contributed by atoms with Crippen LogP contribution in [0.15, 0.2) is 49.0 Å². The van der Waals surface area contributed by atoms with Crippen molar-refractivity contribution in [2.45, 2.75) is 44.6 Å². The summed E-state index contributed by atoms with van der Waals surface area (Å²) in [4.78, 5) is 0. The van der Waals surface area contributed by atoms with Crippen LogP contribution < -0.4 is 4.74 Å². The summed E-state index contributed by atoms with van der Waals surface area (Å²) in [6.45, 7) is 5.74. The summed E-state index contributed by atoms with van der Waals surface area (Å²) in [6, 6.07) is 9.99. The zero-order valence-corrected chi connectivity index (χ0v) is 19.9. The second-order valence-electron chi connectivity index (χ2n) is 8.83. The predicted molar refractivity (Wildman–Crippen MR) is 129 cm³/mol. The molecule has 0 N–H and O–H groups in total. The molecule has 1 heterocycles. The van der Waals surface area contributed by atoms with Crippen LogP contribution in [-0.4, -0.2) is 19.3 Å². The molecule has 1 aliphatic heterocycles. The SMILES string of the molecule is C=Cc1ccc(C2CCC(CCc3ccc(-c4ccc(OCC)c(F)c4F)c(F)c3F)OC2)c(F)c1. The molecule has 0 aromatic heterocycles. The number of rotatable bonds is 8. The Labute approximate surface area is 207 Å². The van der Waals surface area contributed by atoms with Gasteiger partial charge in [0.15, 0.2) is 23.2 Å². The van der Waals surface area contributed by atoms with E-state index in [9.17, 15) is 22.0 Å². The maximum Gasteiger partial charge on any atom is 0.201 e. The summed E-state index contributed by atoms with van der Waals surface area (Å²) < 4.78 is 83.7. The lowest BCUT2D eigenvalue weighted by molar-refractivity contribution is -0.00128. The van der Waals surface area contributed by atoms with Gasteiger partial charge in [0, 0.05) is 17.0 Å². The lowest BCUT2D eigenvalue weighted by Crippen LogP contribution is -2.26. The monoisotopic (exact) mass is 502 g/mol. The van der Waals surface area contributed by atoms with Crippen LogP contribution in [0.1, 0.15) is 48.8 Å². The van der Waals surface area contributed by atoms with E-state index in [4.69, 9.17) is 9.47 Å². The number of hydrogen-bond donors (Lipinski definition) is 0. The molecule has 1 saturated heterocycles. The first-order chi connectivity index (χ1) is 17.3. The molecule has 1 aliphatic rings. The molecule has 0 aliphatic carbocycles. The van der Waals surface area contributed by atoms with Gasteiger partial charge in [-0.15, -0.1) is 0 Å². The Hall–Kier alpha value is -3.19. The quantitative estimate of drug-likeness (QED) is 0.291. The van der Waals surface area contributed by atoms with E-state index in [-0.39, 0.29) is 53.3 Å². The van der Waals surface area contributed by atoms with Crippen molar-refractivity contribution in [2.24, 2.45) is 0 Å². The fourth-order valence-electron chi connectivity index (χ4n) is 4.59. The van der Waals surface area contributed by atoms with E-state index in [1.54, 1.807) is 19.1 Å². The van der Waals surface area contributed by atoms with Gasteiger partial charge in [-0.2, -0.15) is 4.39 Å². The maximum atomic E-state index is 14.8. The van der Waals surface area contributed by atoms with Gasteiger partial charge in [0.25, 0.3) is 0 Å². The van der Waals surface area contributed by atoms with Gasteiger partial charge >= 0.3 is 0 Å². The molecule has 3 aromatic carbocycles. The number of halogens is 5. The van der Waals surface area contributed by atoms with Gasteiger partial charge in [-0.05, 0) is 67.5 Å². The maximum absolute atomic E-state index is 14.8. The van der Waals surface area contributed by atoms with Crippen molar-refractivity contribution in [1.82, 2.24) is 0 Å². The van der Waals surface area contributed by atoms with Gasteiger partial charge in [0.2, 0.25) is 5.82 Å². The van der Waals surface area contributed by atoms with Gasteiger partial charge in [0.1, 0.15) is 5.82 Å². The molecule has 0 bridgehead atoms. The first-order valence-corrected chi connectivity index (χ1v) is 12.0. The molecule has 7 heteroatoms. The highest BCUT2D eigenvalue weighted by molar-refractivity contribution is 5.66. The lowest BCUT2D eigenvalue weighted by Gasteiger charge is -2.29. The Bertz CT molecular complexity index is 1250. The van der Waals surface area contributed by atoms with Crippen molar-refractivity contribution in [3.05, 3.63) is 94.8 Å². The van der Waals surface area contributed by atoms with Crippen molar-refractivity contribution < 1.29 is 31.4 Å². The minimum Gasteiger partial charge on any atom is -0.491 e. The Morgan fingerprint density at radius 1 is 0.917 bits per heavy atom. The molecule has 2 nitrogen and oxygen atoms in total. The molecule has 1 fully saturated rings. The van der Waals surface area contributed by atoms with Crippen LogP contribution in [0.3, 0.4) is 0 Å².